The number of rotatable bonds is 8. The van der Waals surface area contributed by atoms with E-state index in [2.05, 4.69) is 9.97 Å². The lowest BCUT2D eigenvalue weighted by molar-refractivity contribution is -0.141. The first kappa shape index (κ1) is 23.7. The minimum atomic E-state index is -4.52. The van der Waals surface area contributed by atoms with Crippen LogP contribution >= 0.6 is 11.6 Å². The van der Waals surface area contributed by atoms with Crippen molar-refractivity contribution in [2.45, 2.75) is 69.7 Å². The second kappa shape index (κ2) is 9.06. The Balaban J connectivity index is 1.45. The molecule has 0 spiro atoms. The highest BCUT2D eigenvalue weighted by atomic mass is 35.5. The molecule has 0 radical (unpaired) electrons. The average molecular weight is 480 g/mol. The molecule has 1 fully saturated rings. The van der Waals surface area contributed by atoms with Gasteiger partial charge in [0.25, 0.3) is 0 Å². The van der Waals surface area contributed by atoms with Gasteiger partial charge in [0.15, 0.2) is 5.65 Å². The fraction of sp³-hybridized carbons (Fsp3) is 0.458. The molecule has 1 unspecified atom stereocenters. The molecule has 1 N–H and O–H groups in total. The van der Waals surface area contributed by atoms with E-state index in [4.69, 9.17) is 11.6 Å². The Kier molecular flexibility index (Phi) is 6.51. The largest absolute Gasteiger partial charge is 0.433 e. The van der Waals surface area contributed by atoms with Crippen molar-refractivity contribution in [1.29, 1.82) is 0 Å². The van der Waals surface area contributed by atoms with Gasteiger partial charge in [-0.25, -0.2) is 9.97 Å². The second-order valence-electron chi connectivity index (χ2n) is 8.87. The van der Waals surface area contributed by atoms with Crippen LogP contribution in [0.15, 0.2) is 36.4 Å². The minimum Gasteiger partial charge on any atom is -0.385 e. The maximum Gasteiger partial charge on any atom is 0.433 e. The van der Waals surface area contributed by atoms with Crippen LogP contribution in [0.3, 0.4) is 0 Å². The van der Waals surface area contributed by atoms with Gasteiger partial charge in [-0.1, -0.05) is 23.7 Å². The molecular weight excluding hydrogens is 455 g/mol. The van der Waals surface area contributed by atoms with Gasteiger partial charge in [0.2, 0.25) is 0 Å². The lowest BCUT2D eigenvalue weighted by atomic mass is 9.89. The molecule has 1 aromatic carbocycles. The van der Waals surface area contributed by atoms with Crippen molar-refractivity contribution in [3.05, 3.63) is 58.5 Å². The van der Waals surface area contributed by atoms with Crippen molar-refractivity contribution in [1.82, 2.24) is 14.5 Å². The zero-order chi connectivity index (χ0) is 23.8. The predicted octanol–water partition coefficient (Wildman–Crippen LogP) is 6.02. The summed E-state index contributed by atoms with van der Waals surface area (Å²) in [6.45, 7) is 1.59. The van der Waals surface area contributed by atoms with Gasteiger partial charge in [0.1, 0.15) is 22.8 Å². The molecule has 1 aliphatic carbocycles. The third-order valence-corrected chi connectivity index (χ3v) is 6.46. The number of pyridine rings is 1. The van der Waals surface area contributed by atoms with Crippen LogP contribution in [0, 0.1) is 0 Å². The Morgan fingerprint density at radius 3 is 2.45 bits per heavy atom. The summed E-state index contributed by atoms with van der Waals surface area (Å²) in [7, 11) is 0. The summed E-state index contributed by atoms with van der Waals surface area (Å²) < 4.78 is 41.3. The van der Waals surface area contributed by atoms with Gasteiger partial charge < -0.3 is 9.67 Å². The molecule has 0 saturated heterocycles. The highest BCUT2D eigenvalue weighted by Crippen LogP contribution is 2.37. The maximum atomic E-state index is 13.2. The van der Waals surface area contributed by atoms with Gasteiger partial charge >= 0.3 is 6.18 Å². The number of aromatic nitrogens is 3. The van der Waals surface area contributed by atoms with Gasteiger partial charge in [-0.05, 0) is 62.4 Å². The van der Waals surface area contributed by atoms with Crippen molar-refractivity contribution < 1.29 is 23.1 Å². The lowest BCUT2D eigenvalue weighted by Gasteiger charge is -2.29. The van der Waals surface area contributed by atoms with Crippen LogP contribution in [0.5, 0.6) is 0 Å². The van der Waals surface area contributed by atoms with Gasteiger partial charge in [-0.2, -0.15) is 13.2 Å². The number of nitrogens with zero attached hydrogens (tertiary/aromatic N) is 3. The van der Waals surface area contributed by atoms with E-state index in [9.17, 15) is 23.1 Å². The Hall–Kier alpha value is -2.45. The third kappa shape index (κ3) is 5.22. The number of halogens is 4. The van der Waals surface area contributed by atoms with Crippen molar-refractivity contribution >= 4 is 28.5 Å². The Labute approximate surface area is 194 Å². The Morgan fingerprint density at radius 2 is 1.85 bits per heavy atom. The first-order valence-electron chi connectivity index (χ1n) is 11.0. The van der Waals surface area contributed by atoms with E-state index in [-0.39, 0.29) is 30.3 Å². The van der Waals surface area contributed by atoms with E-state index in [1.54, 1.807) is 31.2 Å². The topological polar surface area (TPSA) is 68.0 Å². The molecule has 1 atom stereocenters. The fourth-order valence-corrected chi connectivity index (χ4v) is 4.34. The number of hydrogen-bond donors (Lipinski definition) is 1. The van der Waals surface area contributed by atoms with Crippen LogP contribution in [0.1, 0.15) is 68.6 Å². The number of Topliss-reactive ketones (excluding diaryl/α,β-unsaturated/α-hetero) is 1. The normalized spacial score (nSPS) is 16.5. The van der Waals surface area contributed by atoms with Crippen LogP contribution in [-0.2, 0) is 23.0 Å². The van der Waals surface area contributed by atoms with Crippen LogP contribution in [0.2, 0.25) is 5.02 Å². The van der Waals surface area contributed by atoms with Crippen LogP contribution < -0.4 is 0 Å². The van der Waals surface area contributed by atoms with Crippen molar-refractivity contribution in [2.24, 2.45) is 0 Å². The van der Waals surface area contributed by atoms with E-state index in [0.29, 0.717) is 34.8 Å². The van der Waals surface area contributed by atoms with Crippen LogP contribution in [-0.4, -0.2) is 25.4 Å². The number of carbonyl (C=O) groups excluding carboxylic acids is 1. The summed E-state index contributed by atoms with van der Waals surface area (Å²) in [5.41, 5.74) is -0.942. The lowest BCUT2D eigenvalue weighted by Crippen LogP contribution is -2.25. The van der Waals surface area contributed by atoms with Gasteiger partial charge in [-0.3, -0.25) is 4.79 Å². The number of imidazole rings is 1. The number of benzene rings is 1. The molecule has 5 nitrogen and oxygen atoms in total. The molecule has 1 saturated carbocycles. The molecule has 9 heteroatoms. The monoisotopic (exact) mass is 479 g/mol. The number of fused-ring (bicyclic) bond motifs is 1. The minimum absolute atomic E-state index is 0.0375. The SMILES string of the molecule is CC(O)(CC(=O)CCCc1nc2ccc(C(F)(F)F)nc2n1C1CCC1)c1ccc(Cl)cc1. The molecule has 176 valence electrons. The molecule has 1 aliphatic rings. The van der Waals surface area contributed by atoms with Crippen LogP contribution in [0.25, 0.3) is 11.2 Å². The maximum absolute atomic E-state index is 13.2. The summed E-state index contributed by atoms with van der Waals surface area (Å²) in [4.78, 5) is 20.9. The first-order chi connectivity index (χ1) is 15.5. The van der Waals surface area contributed by atoms with E-state index >= 15 is 0 Å². The number of aryl methyl sites for hydroxylation is 1. The summed E-state index contributed by atoms with van der Waals surface area (Å²) in [6.07, 6.45) is -0.625. The molecule has 33 heavy (non-hydrogen) atoms. The summed E-state index contributed by atoms with van der Waals surface area (Å²) >= 11 is 5.89. The van der Waals surface area contributed by atoms with Crippen LogP contribution in [0.4, 0.5) is 13.2 Å². The standard InChI is InChI=1S/C24H25ClF3N3O2/c1-23(33,15-8-10-16(25)11-9-15)14-18(32)6-3-7-21-29-19-12-13-20(24(26,27)28)30-22(19)31(21)17-4-2-5-17/h8-13,17,33H,2-7,14H2,1H3. The van der Waals surface area contributed by atoms with E-state index in [0.717, 1.165) is 25.3 Å². The first-order valence-corrected chi connectivity index (χ1v) is 11.4. The Bertz CT molecular complexity index is 1150. The summed E-state index contributed by atoms with van der Waals surface area (Å²) in [5, 5.41) is 11.3. The molecule has 2 aromatic heterocycles. The number of alkyl halides is 3. The van der Waals surface area contributed by atoms with Crippen molar-refractivity contribution in [3.63, 3.8) is 0 Å². The Morgan fingerprint density at radius 1 is 1.15 bits per heavy atom. The summed E-state index contributed by atoms with van der Waals surface area (Å²) in [5.74, 6) is 0.553. The average Bonchev–Trinajstić information content (AvgIpc) is 3.03. The van der Waals surface area contributed by atoms with E-state index in [1.165, 1.54) is 6.07 Å². The summed E-state index contributed by atoms with van der Waals surface area (Å²) in [6, 6.07) is 9.11. The molecule has 3 aromatic rings. The zero-order valence-electron chi connectivity index (χ0n) is 18.2. The molecule has 4 rings (SSSR count). The number of carbonyl (C=O) groups is 1. The molecule has 0 bridgehead atoms. The molecule has 2 heterocycles. The third-order valence-electron chi connectivity index (χ3n) is 6.20. The highest BCUT2D eigenvalue weighted by molar-refractivity contribution is 6.30. The van der Waals surface area contributed by atoms with Crippen molar-refractivity contribution in [3.8, 4) is 0 Å². The quantitative estimate of drug-likeness (QED) is 0.429. The van der Waals surface area contributed by atoms with E-state index < -0.39 is 17.5 Å². The zero-order valence-corrected chi connectivity index (χ0v) is 19.0. The van der Waals surface area contributed by atoms with Gasteiger partial charge in [0, 0.05) is 30.3 Å². The highest BCUT2D eigenvalue weighted by Gasteiger charge is 2.34. The fourth-order valence-electron chi connectivity index (χ4n) is 4.21. The molecular formula is C24H25ClF3N3O2. The number of ketones is 1. The van der Waals surface area contributed by atoms with Crippen molar-refractivity contribution in [2.75, 3.05) is 0 Å². The molecule has 0 amide bonds. The second-order valence-corrected chi connectivity index (χ2v) is 9.31. The smallest absolute Gasteiger partial charge is 0.385 e. The number of aliphatic hydroxyl groups is 1. The number of hydrogen-bond acceptors (Lipinski definition) is 4. The predicted molar refractivity (Wildman–Crippen MR) is 119 cm³/mol. The van der Waals surface area contributed by atoms with Gasteiger partial charge in [0.05, 0.1) is 5.60 Å². The van der Waals surface area contributed by atoms with E-state index in [1.807, 2.05) is 4.57 Å². The molecule has 0 aliphatic heterocycles. The van der Waals surface area contributed by atoms with Gasteiger partial charge in [-0.15, -0.1) is 0 Å².